The lowest BCUT2D eigenvalue weighted by atomic mass is 10.2. The number of carbonyl (C=O) groups excluding carboxylic acids is 1. The van der Waals surface area contributed by atoms with Crippen molar-refractivity contribution < 1.29 is 9.53 Å². The van der Waals surface area contributed by atoms with E-state index in [2.05, 4.69) is 20.9 Å². The molecule has 0 aliphatic rings. The van der Waals surface area contributed by atoms with Crippen LogP contribution in [0.25, 0.3) is 0 Å². The number of hydrogen-bond acceptors (Lipinski definition) is 3. The van der Waals surface area contributed by atoms with Gasteiger partial charge in [-0.15, -0.1) is 0 Å². The smallest absolute Gasteiger partial charge is 0.324 e. The zero-order chi connectivity index (χ0) is 9.68. The molecule has 4 heteroatoms. The van der Waals surface area contributed by atoms with Crippen molar-refractivity contribution in [3.63, 3.8) is 0 Å². The molecule has 1 aromatic heterocycles. The molecule has 0 amide bonds. The minimum atomic E-state index is -0.393. The third-order valence-corrected chi connectivity index (χ3v) is 2.39. The van der Waals surface area contributed by atoms with Crippen molar-refractivity contribution in [3.05, 3.63) is 30.1 Å². The number of halogens is 1. The number of hydrogen-bond donors (Lipinski definition) is 0. The van der Waals surface area contributed by atoms with Crippen molar-refractivity contribution in [3.8, 4) is 0 Å². The van der Waals surface area contributed by atoms with Crippen LogP contribution in [0.4, 0.5) is 0 Å². The van der Waals surface area contributed by atoms with Crippen LogP contribution in [0.5, 0.6) is 0 Å². The molecule has 0 fully saturated rings. The van der Waals surface area contributed by atoms with Gasteiger partial charge in [-0.05, 0) is 24.6 Å². The van der Waals surface area contributed by atoms with Crippen molar-refractivity contribution in [1.29, 1.82) is 0 Å². The van der Waals surface area contributed by atoms with Crippen LogP contribution in [0.3, 0.4) is 0 Å². The van der Waals surface area contributed by atoms with Crippen molar-refractivity contribution in [2.24, 2.45) is 0 Å². The van der Waals surface area contributed by atoms with Gasteiger partial charge in [0, 0.05) is 12.4 Å². The first-order valence-electron chi connectivity index (χ1n) is 3.96. The maximum Gasteiger partial charge on any atom is 0.324 e. The van der Waals surface area contributed by atoms with Crippen molar-refractivity contribution >= 4 is 21.9 Å². The number of esters is 1. The Balaban J connectivity index is 2.68. The first-order valence-corrected chi connectivity index (χ1v) is 4.88. The number of aromatic nitrogens is 1. The topological polar surface area (TPSA) is 39.2 Å². The molecule has 70 valence electrons. The van der Waals surface area contributed by atoms with Crippen LogP contribution in [0, 0.1) is 0 Å². The Morgan fingerprint density at radius 1 is 1.62 bits per heavy atom. The lowest BCUT2D eigenvalue weighted by Crippen LogP contribution is -2.10. The van der Waals surface area contributed by atoms with E-state index in [0.29, 0.717) is 6.61 Å². The molecule has 3 nitrogen and oxygen atoms in total. The first-order chi connectivity index (χ1) is 6.25. The van der Waals surface area contributed by atoms with E-state index in [1.165, 1.54) is 0 Å². The van der Waals surface area contributed by atoms with Gasteiger partial charge in [0.1, 0.15) is 4.83 Å². The monoisotopic (exact) mass is 243 g/mol. The van der Waals surface area contributed by atoms with Gasteiger partial charge in [0.25, 0.3) is 0 Å². The summed E-state index contributed by atoms with van der Waals surface area (Å²) in [6.45, 7) is 2.18. The van der Waals surface area contributed by atoms with Crippen LogP contribution in [0.15, 0.2) is 24.5 Å². The molecule has 1 unspecified atom stereocenters. The Hall–Kier alpha value is -0.900. The molecule has 13 heavy (non-hydrogen) atoms. The van der Waals surface area contributed by atoms with E-state index in [1.54, 1.807) is 31.5 Å². The van der Waals surface area contributed by atoms with E-state index >= 15 is 0 Å². The summed E-state index contributed by atoms with van der Waals surface area (Å²) in [5, 5.41) is 0. The van der Waals surface area contributed by atoms with Gasteiger partial charge >= 0.3 is 5.97 Å². The Kier molecular flexibility index (Phi) is 3.89. The van der Waals surface area contributed by atoms with Crippen LogP contribution >= 0.6 is 15.9 Å². The van der Waals surface area contributed by atoms with Gasteiger partial charge in [-0.3, -0.25) is 9.78 Å². The van der Waals surface area contributed by atoms with Crippen molar-refractivity contribution in [2.75, 3.05) is 6.61 Å². The maximum atomic E-state index is 11.3. The molecule has 0 saturated heterocycles. The van der Waals surface area contributed by atoms with E-state index in [-0.39, 0.29) is 5.97 Å². The zero-order valence-electron chi connectivity index (χ0n) is 7.24. The number of ether oxygens (including phenoxy) is 1. The second-order valence-corrected chi connectivity index (χ2v) is 3.31. The predicted octanol–water partition coefficient (Wildman–Crippen LogP) is 2.08. The van der Waals surface area contributed by atoms with E-state index in [4.69, 9.17) is 4.74 Å². The number of nitrogens with zero attached hydrogens (tertiary/aromatic N) is 1. The minimum Gasteiger partial charge on any atom is -0.465 e. The fourth-order valence-electron chi connectivity index (χ4n) is 0.884. The molecule has 0 aliphatic heterocycles. The highest BCUT2D eigenvalue weighted by Crippen LogP contribution is 2.22. The summed E-state index contributed by atoms with van der Waals surface area (Å²) in [5.41, 5.74) is 0.855. The van der Waals surface area contributed by atoms with Gasteiger partial charge in [-0.25, -0.2) is 0 Å². The summed E-state index contributed by atoms with van der Waals surface area (Å²) in [6, 6.07) is 3.55. The van der Waals surface area contributed by atoms with E-state index in [1.807, 2.05) is 0 Å². The summed E-state index contributed by atoms with van der Waals surface area (Å²) in [4.78, 5) is 14.7. The van der Waals surface area contributed by atoms with Crippen LogP contribution in [0.2, 0.25) is 0 Å². The van der Waals surface area contributed by atoms with Gasteiger partial charge in [0.2, 0.25) is 0 Å². The fourth-order valence-corrected chi connectivity index (χ4v) is 1.32. The standard InChI is InChI=1S/C9H10BrNO2/c1-2-13-9(12)8(10)7-3-5-11-6-4-7/h3-6,8H,2H2,1H3. The largest absolute Gasteiger partial charge is 0.465 e. The zero-order valence-corrected chi connectivity index (χ0v) is 8.82. The highest BCUT2D eigenvalue weighted by atomic mass is 79.9. The molecule has 0 radical (unpaired) electrons. The predicted molar refractivity (Wildman–Crippen MR) is 52.5 cm³/mol. The second-order valence-electron chi connectivity index (χ2n) is 2.40. The molecule has 0 spiro atoms. The van der Waals surface area contributed by atoms with Gasteiger partial charge < -0.3 is 4.74 Å². The third-order valence-electron chi connectivity index (χ3n) is 1.49. The van der Waals surface area contributed by atoms with Crippen molar-refractivity contribution in [2.45, 2.75) is 11.8 Å². The summed E-state index contributed by atoms with van der Waals surface area (Å²) in [7, 11) is 0. The maximum absolute atomic E-state index is 11.3. The van der Waals surface area contributed by atoms with E-state index in [9.17, 15) is 4.79 Å². The van der Waals surface area contributed by atoms with Crippen LogP contribution < -0.4 is 0 Å². The fraction of sp³-hybridized carbons (Fsp3) is 0.333. The average Bonchev–Trinajstić information content (AvgIpc) is 2.18. The molecule has 1 heterocycles. The van der Waals surface area contributed by atoms with Crippen molar-refractivity contribution in [1.82, 2.24) is 4.98 Å². The summed E-state index contributed by atoms with van der Waals surface area (Å²) >= 11 is 3.25. The summed E-state index contributed by atoms with van der Waals surface area (Å²) in [6.07, 6.45) is 3.28. The molecule has 1 rings (SSSR count). The van der Waals surface area contributed by atoms with E-state index in [0.717, 1.165) is 5.56 Å². The third kappa shape index (κ3) is 2.81. The molecule has 1 aromatic rings. The first kappa shape index (κ1) is 10.2. The molecule has 0 bridgehead atoms. The molecule has 0 N–H and O–H groups in total. The van der Waals surface area contributed by atoms with Gasteiger partial charge in [0.05, 0.1) is 6.61 Å². The Morgan fingerprint density at radius 2 is 2.23 bits per heavy atom. The Morgan fingerprint density at radius 3 is 2.77 bits per heavy atom. The Labute approximate surface area is 85.3 Å². The SMILES string of the molecule is CCOC(=O)C(Br)c1ccncc1. The molecule has 1 atom stereocenters. The molecular formula is C9H10BrNO2. The summed E-state index contributed by atoms with van der Waals surface area (Å²) in [5.74, 6) is -0.270. The lowest BCUT2D eigenvalue weighted by molar-refractivity contribution is -0.142. The molecule has 0 saturated carbocycles. The number of carbonyl (C=O) groups is 1. The Bertz CT molecular complexity index is 276. The van der Waals surface area contributed by atoms with Crippen LogP contribution in [-0.2, 0) is 9.53 Å². The summed E-state index contributed by atoms with van der Waals surface area (Å²) < 4.78 is 4.85. The molecule has 0 aromatic carbocycles. The van der Waals surface area contributed by atoms with Gasteiger partial charge in [-0.2, -0.15) is 0 Å². The second kappa shape index (κ2) is 4.97. The molecular weight excluding hydrogens is 234 g/mol. The molecule has 0 aliphatic carbocycles. The number of alkyl halides is 1. The van der Waals surface area contributed by atoms with Crippen LogP contribution in [-0.4, -0.2) is 17.6 Å². The number of pyridine rings is 1. The average molecular weight is 244 g/mol. The minimum absolute atomic E-state index is 0.270. The van der Waals surface area contributed by atoms with Crippen LogP contribution in [0.1, 0.15) is 17.3 Å². The lowest BCUT2D eigenvalue weighted by Gasteiger charge is -2.07. The van der Waals surface area contributed by atoms with E-state index < -0.39 is 4.83 Å². The normalized spacial score (nSPS) is 12.2. The van der Waals surface area contributed by atoms with Gasteiger partial charge in [-0.1, -0.05) is 15.9 Å². The van der Waals surface area contributed by atoms with Gasteiger partial charge in [0.15, 0.2) is 0 Å². The number of rotatable bonds is 3. The highest BCUT2D eigenvalue weighted by Gasteiger charge is 2.17. The highest BCUT2D eigenvalue weighted by molar-refractivity contribution is 9.09. The quantitative estimate of drug-likeness (QED) is 0.603.